The Bertz CT molecular complexity index is 827. The first-order valence-electron chi connectivity index (χ1n) is 9.00. The third-order valence-corrected chi connectivity index (χ3v) is 4.33. The van der Waals surface area contributed by atoms with Crippen molar-refractivity contribution in [1.29, 1.82) is 0 Å². The number of benzene rings is 1. The average Bonchev–Trinajstić information content (AvgIpc) is 2.69. The molecule has 1 fully saturated rings. The number of hydrogen-bond acceptors (Lipinski definition) is 8. The van der Waals surface area contributed by atoms with Gasteiger partial charge in [0.2, 0.25) is 5.28 Å². The molecule has 3 rings (SSSR count). The van der Waals surface area contributed by atoms with Gasteiger partial charge in [-0.25, -0.2) is 9.78 Å². The van der Waals surface area contributed by atoms with Gasteiger partial charge in [-0.15, -0.1) is 0 Å². The van der Waals surface area contributed by atoms with E-state index in [0.29, 0.717) is 30.4 Å². The van der Waals surface area contributed by atoms with Crippen molar-refractivity contribution in [1.82, 2.24) is 9.97 Å². The summed E-state index contributed by atoms with van der Waals surface area (Å²) in [6, 6.07) is 5.45. The number of hydrogen-bond donors (Lipinski definition) is 1. The monoisotopic (exact) mass is 407 g/mol. The number of methoxy groups -OCH3 is 1. The molecule has 0 radical (unpaired) electrons. The van der Waals surface area contributed by atoms with Gasteiger partial charge in [0.15, 0.2) is 11.5 Å². The summed E-state index contributed by atoms with van der Waals surface area (Å²) < 4.78 is 22.1. The molecule has 1 N–H and O–H groups in total. The summed E-state index contributed by atoms with van der Waals surface area (Å²) in [6.45, 7) is 3.31. The molecule has 28 heavy (non-hydrogen) atoms. The van der Waals surface area contributed by atoms with Crippen molar-refractivity contribution in [2.24, 2.45) is 0 Å². The van der Waals surface area contributed by atoms with E-state index in [1.807, 2.05) is 12.1 Å². The van der Waals surface area contributed by atoms with Crippen LogP contribution in [0.15, 0.2) is 24.4 Å². The molecule has 150 valence electrons. The molecule has 0 spiro atoms. The number of carbonyl (C=O) groups is 1. The van der Waals surface area contributed by atoms with Crippen molar-refractivity contribution in [2.45, 2.75) is 25.9 Å². The first-order valence-corrected chi connectivity index (χ1v) is 9.38. The molecule has 1 aromatic carbocycles. The summed E-state index contributed by atoms with van der Waals surface area (Å²) in [6.07, 6.45) is 3.01. The Labute approximate surface area is 168 Å². The zero-order valence-corrected chi connectivity index (χ0v) is 16.5. The van der Waals surface area contributed by atoms with E-state index in [-0.39, 0.29) is 29.4 Å². The van der Waals surface area contributed by atoms with E-state index in [1.54, 1.807) is 20.1 Å². The van der Waals surface area contributed by atoms with Crippen LogP contribution in [0, 0.1) is 0 Å². The van der Waals surface area contributed by atoms with Gasteiger partial charge in [0.1, 0.15) is 17.5 Å². The van der Waals surface area contributed by atoms with Crippen LogP contribution in [-0.2, 0) is 9.47 Å². The second kappa shape index (κ2) is 9.57. The van der Waals surface area contributed by atoms with E-state index in [4.69, 9.17) is 30.5 Å². The van der Waals surface area contributed by atoms with Crippen LogP contribution in [0.25, 0.3) is 0 Å². The molecule has 1 aliphatic rings. The first kappa shape index (κ1) is 20.2. The molecule has 8 nitrogen and oxygen atoms in total. The molecule has 0 atom stereocenters. The van der Waals surface area contributed by atoms with Gasteiger partial charge in [0.25, 0.3) is 0 Å². The maximum absolute atomic E-state index is 12.2. The largest absolute Gasteiger partial charge is 0.491 e. The van der Waals surface area contributed by atoms with Gasteiger partial charge >= 0.3 is 5.97 Å². The lowest BCUT2D eigenvalue weighted by Gasteiger charge is -2.25. The van der Waals surface area contributed by atoms with Crippen molar-refractivity contribution < 1.29 is 23.7 Å². The van der Waals surface area contributed by atoms with Crippen LogP contribution >= 0.6 is 11.6 Å². The maximum Gasteiger partial charge on any atom is 0.343 e. The van der Waals surface area contributed by atoms with Crippen LogP contribution in [0.3, 0.4) is 0 Å². The van der Waals surface area contributed by atoms with Crippen molar-refractivity contribution in [3.05, 3.63) is 35.2 Å². The lowest BCUT2D eigenvalue weighted by Crippen LogP contribution is -2.26. The minimum Gasteiger partial charge on any atom is -0.491 e. The summed E-state index contributed by atoms with van der Waals surface area (Å²) >= 11 is 5.92. The van der Waals surface area contributed by atoms with Crippen molar-refractivity contribution >= 4 is 29.1 Å². The summed E-state index contributed by atoms with van der Waals surface area (Å²) in [5, 5.41) is 3.09. The molecule has 0 saturated carbocycles. The van der Waals surface area contributed by atoms with Gasteiger partial charge < -0.3 is 24.3 Å². The Morgan fingerprint density at radius 3 is 2.86 bits per heavy atom. The minimum absolute atomic E-state index is 0.00382. The van der Waals surface area contributed by atoms with Crippen molar-refractivity contribution in [3.8, 4) is 11.5 Å². The fourth-order valence-electron chi connectivity index (χ4n) is 2.83. The van der Waals surface area contributed by atoms with Gasteiger partial charge in [-0.2, -0.15) is 4.98 Å². The molecule has 1 saturated heterocycles. The molecule has 1 aromatic heterocycles. The molecule has 0 aliphatic carbocycles. The summed E-state index contributed by atoms with van der Waals surface area (Å²) in [7, 11) is 1.55. The van der Waals surface area contributed by atoms with Crippen LogP contribution in [0.5, 0.6) is 11.5 Å². The van der Waals surface area contributed by atoms with Gasteiger partial charge in [-0.3, -0.25) is 0 Å². The Morgan fingerprint density at radius 1 is 1.36 bits per heavy atom. The number of rotatable bonds is 7. The Kier molecular flexibility index (Phi) is 6.89. The highest BCUT2D eigenvalue weighted by molar-refractivity contribution is 6.28. The molecule has 0 bridgehead atoms. The third kappa shape index (κ3) is 4.82. The van der Waals surface area contributed by atoms with Crippen LogP contribution < -0.4 is 14.8 Å². The molecule has 0 amide bonds. The third-order valence-electron chi connectivity index (χ3n) is 4.15. The molecule has 2 aromatic rings. The highest BCUT2D eigenvalue weighted by Crippen LogP contribution is 2.38. The number of aromatic nitrogens is 2. The molecule has 0 unspecified atom stereocenters. The number of para-hydroxylation sites is 1. The number of nitrogens with one attached hydrogen (secondary N) is 1. The lowest BCUT2D eigenvalue weighted by atomic mass is 10.1. The van der Waals surface area contributed by atoms with Gasteiger partial charge in [0.05, 0.1) is 32.6 Å². The zero-order chi connectivity index (χ0) is 19.9. The highest BCUT2D eigenvalue weighted by Gasteiger charge is 2.21. The van der Waals surface area contributed by atoms with E-state index in [2.05, 4.69) is 15.3 Å². The van der Waals surface area contributed by atoms with E-state index in [1.165, 1.54) is 6.20 Å². The number of ether oxygens (including phenoxy) is 4. The van der Waals surface area contributed by atoms with Crippen molar-refractivity contribution in [3.63, 3.8) is 0 Å². The molecular weight excluding hydrogens is 386 g/mol. The van der Waals surface area contributed by atoms with Gasteiger partial charge in [0, 0.05) is 19.0 Å². The van der Waals surface area contributed by atoms with E-state index < -0.39 is 5.97 Å². The Hall–Kier alpha value is -2.58. The number of carbonyl (C=O) groups excluding carboxylic acids is 1. The molecular formula is C19H22ClN3O5. The van der Waals surface area contributed by atoms with E-state index >= 15 is 0 Å². The fraction of sp³-hybridized carbons (Fsp3) is 0.421. The summed E-state index contributed by atoms with van der Waals surface area (Å²) in [5.74, 6) is 0.769. The second-order valence-corrected chi connectivity index (χ2v) is 6.35. The van der Waals surface area contributed by atoms with Crippen LogP contribution in [0.2, 0.25) is 5.28 Å². The summed E-state index contributed by atoms with van der Waals surface area (Å²) in [4.78, 5) is 20.2. The number of anilines is 2. The topological polar surface area (TPSA) is 91.8 Å². The number of nitrogens with zero attached hydrogens (tertiary/aromatic N) is 2. The second-order valence-electron chi connectivity index (χ2n) is 6.01. The van der Waals surface area contributed by atoms with Gasteiger partial charge in [-0.1, -0.05) is 6.07 Å². The van der Waals surface area contributed by atoms with E-state index in [9.17, 15) is 4.79 Å². The fourth-order valence-corrected chi connectivity index (χ4v) is 2.97. The molecule has 1 aliphatic heterocycles. The number of esters is 1. The van der Waals surface area contributed by atoms with Gasteiger partial charge in [-0.05, 0) is 30.7 Å². The predicted molar refractivity (Wildman–Crippen MR) is 104 cm³/mol. The lowest BCUT2D eigenvalue weighted by molar-refractivity contribution is 0.0246. The quantitative estimate of drug-likeness (QED) is 0.549. The normalized spacial score (nSPS) is 14.4. The minimum atomic E-state index is -0.546. The Morgan fingerprint density at radius 2 is 2.14 bits per heavy atom. The Balaban J connectivity index is 1.89. The van der Waals surface area contributed by atoms with Crippen LogP contribution in [-0.4, -0.2) is 49.0 Å². The van der Waals surface area contributed by atoms with Crippen LogP contribution in [0.4, 0.5) is 11.5 Å². The SMILES string of the molecule is CCOC(=O)c1cnc(Cl)nc1Nc1cccc(OC2CCOCC2)c1OC. The van der Waals surface area contributed by atoms with Crippen LogP contribution in [0.1, 0.15) is 30.1 Å². The predicted octanol–water partition coefficient (Wildman–Crippen LogP) is 3.62. The average molecular weight is 408 g/mol. The maximum atomic E-state index is 12.2. The highest BCUT2D eigenvalue weighted by atomic mass is 35.5. The first-order chi connectivity index (χ1) is 13.6. The van der Waals surface area contributed by atoms with Crippen molar-refractivity contribution in [2.75, 3.05) is 32.2 Å². The van der Waals surface area contributed by atoms with E-state index in [0.717, 1.165) is 12.8 Å². The molecule has 2 heterocycles. The number of halogens is 1. The summed E-state index contributed by atoms with van der Waals surface area (Å²) in [5.41, 5.74) is 0.747. The molecule has 9 heteroatoms. The smallest absolute Gasteiger partial charge is 0.343 e. The zero-order valence-electron chi connectivity index (χ0n) is 15.7. The standard InChI is InChI=1S/C19H22ClN3O5/c1-3-27-18(24)13-11-21-19(20)23-17(13)22-14-5-4-6-15(16(14)25-2)28-12-7-9-26-10-8-12/h4-6,11-12H,3,7-10H2,1-2H3,(H,21,22,23).